The Labute approximate surface area is 99.7 Å². The van der Waals surface area contributed by atoms with Crippen LogP contribution in [0.2, 0.25) is 0 Å². The van der Waals surface area contributed by atoms with Crippen LogP contribution in [0.25, 0.3) is 0 Å². The number of carbonyl (C=O) groups excluding carboxylic acids is 2. The lowest BCUT2D eigenvalue weighted by Gasteiger charge is -2.12. The van der Waals surface area contributed by atoms with Gasteiger partial charge in [0.15, 0.2) is 11.6 Å². The standard InChI is InChI=1S/C15H12O2/c16-12-9-13(17)15(11-7-3-4-8-11)14(12)10-5-1-2-6-10/h1-8,10-11H,9H2. The molecule has 0 saturated carbocycles. The average Bonchev–Trinajstić information content (AvgIpc) is 2.98. The van der Waals surface area contributed by atoms with Crippen molar-refractivity contribution in [2.75, 3.05) is 0 Å². The van der Waals surface area contributed by atoms with Gasteiger partial charge in [-0.05, 0) is 0 Å². The van der Waals surface area contributed by atoms with Crippen molar-refractivity contribution in [3.63, 3.8) is 0 Å². The highest BCUT2D eigenvalue weighted by Gasteiger charge is 2.36. The molecular formula is C15H12O2. The molecule has 84 valence electrons. The Bertz CT molecular complexity index is 469. The third-order valence-corrected chi connectivity index (χ3v) is 3.37. The molecule has 0 spiro atoms. The molecule has 0 saturated heterocycles. The lowest BCUT2D eigenvalue weighted by atomic mass is 9.90. The van der Waals surface area contributed by atoms with Crippen molar-refractivity contribution >= 4 is 11.6 Å². The molecule has 3 aliphatic carbocycles. The van der Waals surface area contributed by atoms with E-state index in [0.29, 0.717) is 11.1 Å². The van der Waals surface area contributed by atoms with Gasteiger partial charge in [0.1, 0.15) is 0 Å². The van der Waals surface area contributed by atoms with Crippen LogP contribution in [0.15, 0.2) is 59.8 Å². The Morgan fingerprint density at radius 3 is 1.41 bits per heavy atom. The van der Waals surface area contributed by atoms with E-state index in [2.05, 4.69) is 0 Å². The van der Waals surface area contributed by atoms with Crippen molar-refractivity contribution in [2.24, 2.45) is 11.8 Å². The maximum atomic E-state index is 11.9. The molecule has 3 rings (SSSR count). The van der Waals surface area contributed by atoms with Crippen LogP contribution in [0.5, 0.6) is 0 Å². The van der Waals surface area contributed by atoms with Crippen molar-refractivity contribution < 1.29 is 9.59 Å². The summed E-state index contributed by atoms with van der Waals surface area (Å²) in [5, 5.41) is 0. The maximum Gasteiger partial charge on any atom is 0.167 e. The molecule has 0 amide bonds. The molecule has 0 bridgehead atoms. The van der Waals surface area contributed by atoms with Gasteiger partial charge in [-0.1, -0.05) is 48.6 Å². The number of rotatable bonds is 2. The van der Waals surface area contributed by atoms with E-state index in [0.717, 1.165) is 0 Å². The molecule has 17 heavy (non-hydrogen) atoms. The zero-order valence-electron chi connectivity index (χ0n) is 9.30. The molecule has 0 heterocycles. The van der Waals surface area contributed by atoms with Gasteiger partial charge in [0.2, 0.25) is 0 Å². The van der Waals surface area contributed by atoms with Crippen molar-refractivity contribution in [3.05, 3.63) is 59.8 Å². The van der Waals surface area contributed by atoms with Crippen LogP contribution < -0.4 is 0 Å². The molecule has 0 aromatic heterocycles. The van der Waals surface area contributed by atoms with Crippen molar-refractivity contribution in [1.82, 2.24) is 0 Å². The third kappa shape index (κ3) is 1.57. The van der Waals surface area contributed by atoms with Crippen LogP contribution in [-0.4, -0.2) is 11.6 Å². The smallest absolute Gasteiger partial charge is 0.167 e. The fourth-order valence-electron chi connectivity index (χ4n) is 2.62. The monoisotopic (exact) mass is 224 g/mol. The first-order valence-electron chi connectivity index (χ1n) is 5.78. The van der Waals surface area contributed by atoms with E-state index in [9.17, 15) is 9.59 Å². The number of carbonyl (C=O) groups is 2. The molecule has 2 nitrogen and oxygen atoms in total. The molecule has 0 fully saturated rings. The van der Waals surface area contributed by atoms with Crippen LogP contribution in [0.4, 0.5) is 0 Å². The molecule has 0 aromatic carbocycles. The lowest BCUT2D eigenvalue weighted by Crippen LogP contribution is -2.08. The zero-order valence-corrected chi connectivity index (χ0v) is 9.30. The van der Waals surface area contributed by atoms with E-state index in [1.807, 2.05) is 48.6 Å². The van der Waals surface area contributed by atoms with E-state index in [1.54, 1.807) is 0 Å². The molecule has 2 heteroatoms. The van der Waals surface area contributed by atoms with Gasteiger partial charge in [-0.2, -0.15) is 0 Å². The zero-order chi connectivity index (χ0) is 11.8. The average molecular weight is 224 g/mol. The van der Waals surface area contributed by atoms with Crippen molar-refractivity contribution in [1.29, 1.82) is 0 Å². The van der Waals surface area contributed by atoms with Gasteiger partial charge in [-0.3, -0.25) is 9.59 Å². The maximum absolute atomic E-state index is 11.9. The van der Waals surface area contributed by atoms with E-state index >= 15 is 0 Å². The van der Waals surface area contributed by atoms with Gasteiger partial charge in [-0.25, -0.2) is 0 Å². The Morgan fingerprint density at radius 1 is 0.706 bits per heavy atom. The number of Topliss-reactive ketones (excluding diaryl/α,β-unsaturated/α-hetero) is 2. The number of hydrogen-bond acceptors (Lipinski definition) is 2. The van der Waals surface area contributed by atoms with Gasteiger partial charge in [0, 0.05) is 23.0 Å². The second kappa shape index (κ2) is 3.81. The molecule has 0 unspecified atom stereocenters. The van der Waals surface area contributed by atoms with Crippen LogP contribution in [0.3, 0.4) is 0 Å². The van der Waals surface area contributed by atoms with Crippen LogP contribution in [-0.2, 0) is 9.59 Å². The van der Waals surface area contributed by atoms with Gasteiger partial charge in [0.05, 0.1) is 6.42 Å². The summed E-state index contributed by atoms with van der Waals surface area (Å²) >= 11 is 0. The van der Waals surface area contributed by atoms with Gasteiger partial charge in [-0.15, -0.1) is 0 Å². The molecule has 0 radical (unpaired) electrons. The van der Waals surface area contributed by atoms with Crippen molar-refractivity contribution in [2.45, 2.75) is 6.42 Å². The minimum absolute atomic E-state index is 0.00801. The van der Waals surface area contributed by atoms with E-state index in [1.165, 1.54) is 0 Å². The van der Waals surface area contributed by atoms with E-state index < -0.39 is 0 Å². The predicted molar refractivity (Wildman–Crippen MR) is 65.2 cm³/mol. The highest BCUT2D eigenvalue weighted by Crippen LogP contribution is 2.36. The molecule has 0 N–H and O–H groups in total. The summed E-state index contributed by atoms with van der Waals surface area (Å²) in [5.41, 5.74) is 1.39. The second-order valence-electron chi connectivity index (χ2n) is 4.44. The van der Waals surface area contributed by atoms with Crippen molar-refractivity contribution in [3.8, 4) is 0 Å². The van der Waals surface area contributed by atoms with E-state index in [-0.39, 0.29) is 29.8 Å². The molecule has 0 aromatic rings. The summed E-state index contributed by atoms with van der Waals surface area (Å²) in [4.78, 5) is 23.9. The largest absolute Gasteiger partial charge is 0.294 e. The highest BCUT2D eigenvalue weighted by atomic mass is 16.2. The summed E-state index contributed by atoms with van der Waals surface area (Å²) in [6.07, 6.45) is 15.6. The van der Waals surface area contributed by atoms with Crippen LogP contribution in [0.1, 0.15) is 6.42 Å². The minimum Gasteiger partial charge on any atom is -0.294 e. The second-order valence-corrected chi connectivity index (χ2v) is 4.44. The quantitative estimate of drug-likeness (QED) is 0.674. The van der Waals surface area contributed by atoms with Gasteiger partial charge in [0.25, 0.3) is 0 Å². The van der Waals surface area contributed by atoms with Gasteiger partial charge >= 0.3 is 0 Å². The minimum atomic E-state index is -0.0140. The Hall–Kier alpha value is -1.96. The van der Waals surface area contributed by atoms with Crippen LogP contribution in [0, 0.1) is 11.8 Å². The number of ketones is 2. The summed E-state index contributed by atoms with van der Waals surface area (Å²) < 4.78 is 0. The lowest BCUT2D eigenvalue weighted by molar-refractivity contribution is -0.121. The summed E-state index contributed by atoms with van der Waals surface area (Å²) in [5.74, 6) is -0.0440. The molecule has 3 aliphatic rings. The Kier molecular flexibility index (Phi) is 2.29. The summed E-state index contributed by atoms with van der Waals surface area (Å²) in [7, 11) is 0. The number of allylic oxidation sites excluding steroid dienone is 10. The van der Waals surface area contributed by atoms with Gasteiger partial charge < -0.3 is 0 Å². The first-order chi connectivity index (χ1) is 8.27. The Morgan fingerprint density at radius 2 is 1.06 bits per heavy atom. The number of hydrogen-bond donors (Lipinski definition) is 0. The molecule has 0 atom stereocenters. The topological polar surface area (TPSA) is 34.1 Å². The molecule has 0 aliphatic heterocycles. The summed E-state index contributed by atoms with van der Waals surface area (Å²) in [6.45, 7) is 0. The first-order valence-corrected chi connectivity index (χ1v) is 5.78. The predicted octanol–water partition coefficient (Wildman–Crippen LogP) is 2.31. The fourth-order valence-corrected chi connectivity index (χ4v) is 2.62. The van der Waals surface area contributed by atoms with Crippen LogP contribution >= 0.6 is 0 Å². The molecular weight excluding hydrogens is 212 g/mol. The third-order valence-electron chi connectivity index (χ3n) is 3.37. The summed E-state index contributed by atoms with van der Waals surface area (Å²) in [6, 6.07) is 0. The highest BCUT2D eigenvalue weighted by molar-refractivity contribution is 6.23. The first kappa shape index (κ1) is 10.2. The SMILES string of the molecule is O=C1CC(=O)C(C2C=CC=C2)=C1C1C=CC=C1. The normalized spacial score (nSPS) is 24.0. The van der Waals surface area contributed by atoms with E-state index in [4.69, 9.17) is 0 Å². The fraction of sp³-hybridized carbons (Fsp3) is 0.200. The Balaban J connectivity index is 2.09.